The number of sulfone groups is 2. The minimum absolute atomic E-state index is 0.0412. The van der Waals surface area contributed by atoms with E-state index in [2.05, 4.69) is 0 Å². The predicted octanol–water partition coefficient (Wildman–Crippen LogP) is -0.288. The van der Waals surface area contributed by atoms with Crippen molar-refractivity contribution in [1.29, 1.82) is 0 Å². The molecule has 0 spiro atoms. The van der Waals surface area contributed by atoms with Gasteiger partial charge in [0.2, 0.25) is 0 Å². The Morgan fingerprint density at radius 2 is 1.52 bits per heavy atom. The summed E-state index contributed by atoms with van der Waals surface area (Å²) in [4.78, 5) is 0.153. The lowest BCUT2D eigenvalue weighted by Crippen LogP contribution is -2.19. The minimum atomic E-state index is -3.52. The van der Waals surface area contributed by atoms with Crippen LogP contribution in [0, 0.1) is 0 Å². The quantitative estimate of drug-likeness (QED) is 0.687. The fourth-order valence-corrected chi connectivity index (χ4v) is 6.07. The van der Waals surface area contributed by atoms with Crippen molar-refractivity contribution in [3.63, 3.8) is 0 Å². The van der Waals surface area contributed by atoms with Crippen LogP contribution in [0.2, 0.25) is 0 Å². The van der Waals surface area contributed by atoms with Crippen LogP contribution in [0.1, 0.15) is 5.56 Å². The second-order valence-electron chi connectivity index (χ2n) is 4.64. The van der Waals surface area contributed by atoms with Crippen molar-refractivity contribution >= 4 is 30.5 Å². The van der Waals surface area contributed by atoms with Gasteiger partial charge in [-0.3, -0.25) is 4.21 Å². The zero-order chi connectivity index (χ0) is 16.1. The summed E-state index contributed by atoms with van der Waals surface area (Å²) < 4.78 is 57.7. The SMILES string of the molecule is CS(=O)(=O)CCS(=O)CCS(=O)(=O)c1ccc(CN)cc1. The molecule has 1 aromatic carbocycles. The molecule has 0 aliphatic carbocycles. The summed E-state index contributed by atoms with van der Waals surface area (Å²) in [5, 5.41) is 0. The fraction of sp³-hybridized carbons (Fsp3) is 0.500. The lowest BCUT2D eigenvalue weighted by molar-refractivity contribution is 0.597. The molecule has 0 bridgehead atoms. The summed E-state index contributed by atoms with van der Waals surface area (Å²) in [6.07, 6.45) is 1.06. The van der Waals surface area contributed by atoms with Gasteiger partial charge >= 0.3 is 0 Å². The number of nitrogens with two attached hydrogens (primary N) is 1. The normalized spacial score (nSPS) is 14.0. The first-order valence-electron chi connectivity index (χ1n) is 6.18. The van der Waals surface area contributed by atoms with Gasteiger partial charge in [-0.05, 0) is 17.7 Å². The van der Waals surface area contributed by atoms with Crippen LogP contribution >= 0.6 is 0 Å². The Morgan fingerprint density at radius 1 is 1.00 bits per heavy atom. The summed E-state index contributed by atoms with van der Waals surface area (Å²) in [7, 11) is -8.18. The lowest BCUT2D eigenvalue weighted by atomic mass is 10.2. The topological polar surface area (TPSA) is 111 Å². The highest BCUT2D eigenvalue weighted by Gasteiger charge is 2.16. The first-order chi connectivity index (χ1) is 9.64. The predicted molar refractivity (Wildman–Crippen MR) is 84.0 cm³/mol. The van der Waals surface area contributed by atoms with Crippen LogP contribution in [0.3, 0.4) is 0 Å². The maximum Gasteiger partial charge on any atom is 0.179 e. The molecule has 0 amide bonds. The smallest absolute Gasteiger partial charge is 0.179 e. The summed E-state index contributed by atoms with van der Waals surface area (Å²) in [6.45, 7) is 0.329. The van der Waals surface area contributed by atoms with Gasteiger partial charge in [-0.25, -0.2) is 16.8 Å². The Hall–Kier alpha value is -0.770. The lowest BCUT2D eigenvalue weighted by Gasteiger charge is -2.05. The third-order valence-electron chi connectivity index (χ3n) is 2.78. The Balaban J connectivity index is 2.62. The van der Waals surface area contributed by atoms with E-state index < -0.39 is 30.5 Å². The van der Waals surface area contributed by atoms with Crippen LogP contribution in [-0.2, 0) is 37.0 Å². The molecular weight excluding hydrogens is 334 g/mol. The van der Waals surface area contributed by atoms with E-state index in [1.807, 2.05) is 0 Å². The van der Waals surface area contributed by atoms with Crippen LogP contribution in [-0.4, -0.2) is 50.3 Å². The van der Waals surface area contributed by atoms with Crippen molar-refractivity contribution in [3.8, 4) is 0 Å². The van der Waals surface area contributed by atoms with Crippen LogP contribution in [0.5, 0.6) is 0 Å². The van der Waals surface area contributed by atoms with Gasteiger partial charge in [0.25, 0.3) is 0 Å². The van der Waals surface area contributed by atoms with Gasteiger partial charge in [-0.2, -0.15) is 0 Å². The van der Waals surface area contributed by atoms with Crippen LogP contribution in [0.4, 0.5) is 0 Å². The van der Waals surface area contributed by atoms with Crippen LogP contribution in [0.15, 0.2) is 29.2 Å². The summed E-state index contributed by atoms with van der Waals surface area (Å²) in [5.74, 6) is -0.590. The Kier molecular flexibility index (Phi) is 6.51. The van der Waals surface area contributed by atoms with Crippen LogP contribution in [0.25, 0.3) is 0 Å². The molecule has 1 unspecified atom stereocenters. The summed E-state index contributed by atoms with van der Waals surface area (Å²) >= 11 is 0. The van der Waals surface area contributed by atoms with E-state index in [0.29, 0.717) is 6.54 Å². The van der Waals surface area contributed by atoms with Gasteiger partial charge < -0.3 is 5.73 Å². The third-order valence-corrected chi connectivity index (χ3v) is 7.29. The average molecular weight is 353 g/mol. The highest BCUT2D eigenvalue weighted by atomic mass is 32.2. The maximum absolute atomic E-state index is 12.1. The van der Waals surface area contributed by atoms with E-state index in [1.165, 1.54) is 12.1 Å². The molecule has 0 saturated carbocycles. The van der Waals surface area contributed by atoms with Crippen molar-refractivity contribution in [2.75, 3.05) is 29.3 Å². The highest BCUT2D eigenvalue weighted by Crippen LogP contribution is 2.12. The van der Waals surface area contributed by atoms with Gasteiger partial charge in [0, 0.05) is 35.1 Å². The van der Waals surface area contributed by atoms with Crippen molar-refractivity contribution in [1.82, 2.24) is 0 Å². The molecule has 6 nitrogen and oxygen atoms in total. The van der Waals surface area contributed by atoms with Gasteiger partial charge in [0.05, 0.1) is 16.4 Å². The monoisotopic (exact) mass is 353 g/mol. The first kappa shape index (κ1) is 18.3. The number of hydrogen-bond acceptors (Lipinski definition) is 6. The number of hydrogen-bond donors (Lipinski definition) is 1. The van der Waals surface area contributed by atoms with E-state index in [0.717, 1.165) is 11.8 Å². The van der Waals surface area contributed by atoms with Crippen molar-refractivity contribution in [2.24, 2.45) is 5.73 Å². The first-order valence-corrected chi connectivity index (χ1v) is 11.4. The van der Waals surface area contributed by atoms with Crippen LogP contribution < -0.4 is 5.73 Å². The molecule has 1 aromatic rings. The second kappa shape index (κ2) is 7.48. The van der Waals surface area contributed by atoms with E-state index in [-0.39, 0.29) is 27.9 Å². The molecule has 0 radical (unpaired) electrons. The Labute approximate surface area is 128 Å². The van der Waals surface area contributed by atoms with E-state index in [9.17, 15) is 21.0 Å². The fourth-order valence-electron chi connectivity index (χ4n) is 1.50. The van der Waals surface area contributed by atoms with Gasteiger partial charge in [0.1, 0.15) is 9.84 Å². The molecule has 120 valence electrons. The molecule has 0 aliphatic heterocycles. The third kappa shape index (κ3) is 6.68. The van der Waals surface area contributed by atoms with Gasteiger partial charge in [-0.1, -0.05) is 12.1 Å². The average Bonchev–Trinajstić information content (AvgIpc) is 2.42. The standard InChI is InChI=1S/C12H19NO5S3/c1-20(15,16)8-6-19(14)7-9-21(17,18)12-4-2-11(10-13)3-5-12/h2-5H,6-10,13H2,1H3. The molecule has 2 N–H and O–H groups in total. The molecule has 0 fully saturated rings. The second-order valence-corrected chi connectivity index (χ2v) is 10.7. The van der Waals surface area contributed by atoms with E-state index in [4.69, 9.17) is 5.73 Å². The highest BCUT2D eigenvalue weighted by molar-refractivity contribution is 7.94. The largest absolute Gasteiger partial charge is 0.326 e. The molecule has 1 rings (SSSR count). The molecule has 0 heterocycles. The van der Waals surface area contributed by atoms with Crippen molar-refractivity contribution in [2.45, 2.75) is 11.4 Å². The minimum Gasteiger partial charge on any atom is -0.326 e. The van der Waals surface area contributed by atoms with Gasteiger partial charge in [-0.15, -0.1) is 0 Å². The molecular formula is C12H19NO5S3. The van der Waals surface area contributed by atoms with Crippen molar-refractivity contribution in [3.05, 3.63) is 29.8 Å². The Bertz CT molecular complexity index is 693. The summed E-state index contributed by atoms with van der Waals surface area (Å²) in [5.41, 5.74) is 6.26. The van der Waals surface area contributed by atoms with E-state index in [1.54, 1.807) is 12.1 Å². The molecule has 1 atom stereocenters. The van der Waals surface area contributed by atoms with E-state index >= 15 is 0 Å². The number of rotatable bonds is 8. The van der Waals surface area contributed by atoms with Gasteiger partial charge in [0.15, 0.2) is 9.84 Å². The molecule has 0 saturated heterocycles. The van der Waals surface area contributed by atoms with Crippen molar-refractivity contribution < 1.29 is 21.0 Å². The molecule has 9 heteroatoms. The molecule has 21 heavy (non-hydrogen) atoms. The number of benzene rings is 1. The summed E-state index contributed by atoms with van der Waals surface area (Å²) in [6, 6.07) is 6.20. The molecule has 0 aromatic heterocycles. The molecule has 0 aliphatic rings. The maximum atomic E-state index is 12.1. The zero-order valence-corrected chi connectivity index (χ0v) is 14.1. The zero-order valence-electron chi connectivity index (χ0n) is 11.7. The Morgan fingerprint density at radius 3 is 2.00 bits per heavy atom.